The van der Waals surface area contributed by atoms with Crippen LogP contribution >= 0.6 is 11.6 Å². The van der Waals surface area contributed by atoms with Crippen LogP contribution in [0.3, 0.4) is 0 Å². The molecule has 0 heterocycles. The van der Waals surface area contributed by atoms with E-state index in [0.29, 0.717) is 42.8 Å². The first kappa shape index (κ1) is 17.6. The summed E-state index contributed by atoms with van der Waals surface area (Å²) in [6.07, 6.45) is 0. The van der Waals surface area contributed by atoms with Crippen molar-refractivity contribution >= 4 is 11.6 Å². The van der Waals surface area contributed by atoms with Gasteiger partial charge in [0, 0.05) is 11.6 Å². The number of halogens is 1. The van der Waals surface area contributed by atoms with Crippen LogP contribution in [0.4, 0.5) is 0 Å². The van der Waals surface area contributed by atoms with E-state index >= 15 is 0 Å². The lowest BCUT2D eigenvalue weighted by Crippen LogP contribution is -2.83. The third kappa shape index (κ3) is 5.43. The van der Waals surface area contributed by atoms with Crippen molar-refractivity contribution < 1.29 is 19.9 Å². The summed E-state index contributed by atoms with van der Waals surface area (Å²) < 4.78 is 11.6. The largest absolute Gasteiger partial charge is 0.490 e. The normalized spacial score (nSPS) is 10.6. The van der Waals surface area contributed by atoms with E-state index in [4.69, 9.17) is 26.2 Å². The molecule has 0 bridgehead atoms. The molecule has 0 aliphatic carbocycles. The molecule has 0 saturated heterocycles. The van der Waals surface area contributed by atoms with Gasteiger partial charge in [-0.1, -0.05) is 41.9 Å². The van der Waals surface area contributed by atoms with Crippen molar-refractivity contribution in [1.82, 2.24) is 0 Å². The summed E-state index contributed by atoms with van der Waals surface area (Å²) in [5.74, 6) is 1.34. The summed E-state index contributed by atoms with van der Waals surface area (Å²) in [7, 11) is 0. The molecule has 0 atom stereocenters. The lowest BCUT2D eigenvalue weighted by Gasteiger charge is -2.14. The van der Waals surface area contributed by atoms with Gasteiger partial charge in [-0.3, -0.25) is 0 Å². The molecule has 0 spiro atoms. The first-order valence-electron chi connectivity index (χ1n) is 7.79. The van der Waals surface area contributed by atoms with E-state index in [1.807, 2.05) is 48.6 Å². The molecule has 0 fully saturated rings. The van der Waals surface area contributed by atoms with Gasteiger partial charge >= 0.3 is 0 Å². The van der Waals surface area contributed by atoms with Crippen LogP contribution in [0.1, 0.15) is 18.1 Å². The molecule has 4 nitrogen and oxygen atoms in total. The van der Waals surface area contributed by atoms with Gasteiger partial charge in [0.25, 0.3) is 0 Å². The summed E-state index contributed by atoms with van der Waals surface area (Å²) in [6.45, 7) is 4.45. The van der Waals surface area contributed by atoms with Crippen LogP contribution in [0.2, 0.25) is 5.02 Å². The molecule has 0 amide bonds. The van der Waals surface area contributed by atoms with Crippen molar-refractivity contribution in [1.29, 1.82) is 0 Å². The Morgan fingerprint density at radius 3 is 2.52 bits per heavy atom. The van der Waals surface area contributed by atoms with E-state index in [2.05, 4.69) is 0 Å². The Labute approximate surface area is 142 Å². The molecule has 3 N–H and O–H groups in total. The van der Waals surface area contributed by atoms with Crippen LogP contribution in [0.5, 0.6) is 11.5 Å². The minimum Gasteiger partial charge on any atom is -0.490 e. The highest BCUT2D eigenvalue weighted by Crippen LogP contribution is 2.34. The van der Waals surface area contributed by atoms with Gasteiger partial charge in [0.2, 0.25) is 0 Å². The Hall–Kier alpha value is -1.75. The molecule has 5 heteroatoms. The van der Waals surface area contributed by atoms with Gasteiger partial charge in [0.05, 0.1) is 24.8 Å². The van der Waals surface area contributed by atoms with Gasteiger partial charge in [0.15, 0.2) is 11.5 Å². The highest BCUT2D eigenvalue weighted by Gasteiger charge is 2.12. The zero-order valence-corrected chi connectivity index (χ0v) is 14.1. The van der Waals surface area contributed by atoms with Gasteiger partial charge in [-0.25, -0.2) is 0 Å². The molecular formula is C18H23ClNO3+. The topological polar surface area (TPSA) is 55.3 Å². The van der Waals surface area contributed by atoms with Crippen LogP contribution in [0.15, 0.2) is 42.5 Å². The molecular weight excluding hydrogens is 314 g/mol. The third-order valence-electron chi connectivity index (χ3n) is 3.35. The lowest BCUT2D eigenvalue weighted by atomic mass is 10.2. The highest BCUT2D eigenvalue weighted by atomic mass is 35.5. The Balaban J connectivity index is 2.12. The van der Waals surface area contributed by atoms with Gasteiger partial charge in [-0.2, -0.15) is 0 Å². The lowest BCUT2D eigenvalue weighted by molar-refractivity contribution is -0.671. The monoisotopic (exact) mass is 336 g/mol. The maximum Gasteiger partial charge on any atom is 0.163 e. The Morgan fingerprint density at radius 2 is 1.83 bits per heavy atom. The first-order chi connectivity index (χ1) is 11.2. The predicted octanol–water partition coefficient (Wildman–Crippen LogP) is 2.37. The summed E-state index contributed by atoms with van der Waals surface area (Å²) in [6, 6.07) is 13.7. The smallest absolute Gasteiger partial charge is 0.163 e. The zero-order chi connectivity index (χ0) is 16.5. The molecule has 2 aromatic carbocycles. The Morgan fingerprint density at radius 1 is 1.09 bits per heavy atom. The molecule has 2 aromatic rings. The average Bonchev–Trinajstić information content (AvgIpc) is 2.57. The first-order valence-corrected chi connectivity index (χ1v) is 8.16. The van der Waals surface area contributed by atoms with Gasteiger partial charge in [-0.15, -0.1) is 0 Å². The number of benzene rings is 2. The predicted molar refractivity (Wildman–Crippen MR) is 91.0 cm³/mol. The van der Waals surface area contributed by atoms with Crippen LogP contribution < -0.4 is 14.8 Å². The third-order valence-corrected chi connectivity index (χ3v) is 3.70. The molecule has 0 radical (unpaired) electrons. The molecule has 0 aliphatic rings. The number of aliphatic hydroxyl groups excluding tert-OH is 1. The minimum atomic E-state index is 0.147. The Bertz CT molecular complexity index is 605. The minimum absolute atomic E-state index is 0.147. The number of hydrogen-bond donors (Lipinski definition) is 2. The van der Waals surface area contributed by atoms with Gasteiger partial charge < -0.3 is 19.9 Å². The standard InChI is InChI=1S/C18H22ClNO3/c1-2-22-17-10-15(12-20-8-9-21)16(19)11-18(17)23-13-14-6-4-3-5-7-14/h3-7,10-11,20-21H,2,8-9,12-13H2,1H3/p+1. The quantitative estimate of drug-likeness (QED) is 0.691. The van der Waals surface area contributed by atoms with E-state index < -0.39 is 0 Å². The van der Waals surface area contributed by atoms with Gasteiger partial charge in [-0.05, 0) is 18.6 Å². The average molecular weight is 337 g/mol. The summed E-state index contributed by atoms with van der Waals surface area (Å²) >= 11 is 6.34. The van der Waals surface area contributed by atoms with Crippen LogP contribution in [-0.2, 0) is 13.2 Å². The van der Waals surface area contributed by atoms with Crippen LogP contribution in [0, 0.1) is 0 Å². The number of hydrogen-bond acceptors (Lipinski definition) is 3. The van der Waals surface area contributed by atoms with E-state index in [0.717, 1.165) is 11.1 Å². The van der Waals surface area contributed by atoms with Crippen LogP contribution in [-0.4, -0.2) is 24.9 Å². The molecule has 23 heavy (non-hydrogen) atoms. The van der Waals surface area contributed by atoms with Crippen LogP contribution in [0.25, 0.3) is 0 Å². The number of quaternary nitrogens is 1. The SMILES string of the molecule is CCOc1cc(C[NH2+]CCO)c(Cl)cc1OCc1ccccc1. The van der Waals surface area contributed by atoms with Crippen molar-refractivity contribution in [2.75, 3.05) is 19.8 Å². The fraction of sp³-hybridized carbons (Fsp3) is 0.333. The highest BCUT2D eigenvalue weighted by molar-refractivity contribution is 6.31. The van der Waals surface area contributed by atoms with Crippen molar-refractivity contribution in [3.8, 4) is 11.5 Å². The fourth-order valence-electron chi connectivity index (χ4n) is 2.20. The fourth-order valence-corrected chi connectivity index (χ4v) is 2.43. The summed E-state index contributed by atoms with van der Waals surface area (Å²) in [5.41, 5.74) is 2.06. The number of nitrogens with two attached hydrogens (primary N) is 1. The second kappa shape index (κ2) is 9.40. The van der Waals surface area contributed by atoms with Crippen molar-refractivity contribution in [2.24, 2.45) is 0 Å². The molecule has 2 rings (SSSR count). The maximum atomic E-state index is 8.87. The second-order valence-electron chi connectivity index (χ2n) is 5.10. The van der Waals surface area contributed by atoms with E-state index in [1.165, 1.54) is 0 Å². The van der Waals surface area contributed by atoms with Crippen molar-refractivity contribution in [3.63, 3.8) is 0 Å². The molecule has 0 aromatic heterocycles. The summed E-state index contributed by atoms with van der Waals surface area (Å²) in [4.78, 5) is 0. The number of aliphatic hydroxyl groups is 1. The molecule has 0 unspecified atom stereocenters. The van der Waals surface area contributed by atoms with Crippen molar-refractivity contribution in [3.05, 3.63) is 58.6 Å². The Kier molecular flexibility index (Phi) is 7.20. The van der Waals surface area contributed by atoms with E-state index in [-0.39, 0.29) is 6.61 Å². The second-order valence-corrected chi connectivity index (χ2v) is 5.51. The number of rotatable bonds is 9. The van der Waals surface area contributed by atoms with E-state index in [1.54, 1.807) is 6.07 Å². The molecule has 0 aliphatic heterocycles. The molecule has 0 saturated carbocycles. The summed E-state index contributed by atoms with van der Waals surface area (Å²) in [5, 5.41) is 11.5. The molecule has 124 valence electrons. The zero-order valence-electron chi connectivity index (χ0n) is 13.3. The van der Waals surface area contributed by atoms with Crippen molar-refractivity contribution in [2.45, 2.75) is 20.1 Å². The number of ether oxygens (including phenoxy) is 2. The van der Waals surface area contributed by atoms with E-state index in [9.17, 15) is 0 Å². The maximum absolute atomic E-state index is 8.87. The van der Waals surface area contributed by atoms with Gasteiger partial charge in [0.1, 0.15) is 13.2 Å².